The lowest BCUT2D eigenvalue weighted by Crippen LogP contribution is -2.11. The van der Waals surface area contributed by atoms with Crippen molar-refractivity contribution in [3.05, 3.63) is 12.2 Å². The van der Waals surface area contributed by atoms with Gasteiger partial charge in [-0.05, 0) is 37.0 Å². The molecule has 4 unspecified atom stereocenters. The predicted octanol–water partition coefficient (Wildman–Crippen LogP) is 2.00. The molecule has 2 bridgehead atoms. The van der Waals surface area contributed by atoms with Gasteiger partial charge in [-0.15, -0.1) is 0 Å². The number of epoxide rings is 1. The van der Waals surface area contributed by atoms with Crippen molar-refractivity contribution >= 4 is 0 Å². The molecule has 78 valence electrons. The molecule has 1 heterocycles. The van der Waals surface area contributed by atoms with Crippen LogP contribution in [0.5, 0.6) is 0 Å². The quantitative estimate of drug-likeness (QED) is 0.379. The van der Waals surface area contributed by atoms with Crippen LogP contribution < -0.4 is 0 Å². The Morgan fingerprint density at radius 1 is 1.29 bits per heavy atom. The third-order valence-electron chi connectivity index (χ3n) is 3.76. The second kappa shape index (κ2) is 3.67. The van der Waals surface area contributed by atoms with E-state index in [4.69, 9.17) is 9.47 Å². The van der Waals surface area contributed by atoms with Crippen LogP contribution in [-0.4, -0.2) is 25.9 Å². The van der Waals surface area contributed by atoms with Gasteiger partial charge in [-0.3, -0.25) is 0 Å². The third kappa shape index (κ3) is 1.86. The summed E-state index contributed by atoms with van der Waals surface area (Å²) in [6.07, 6.45) is 9.32. The van der Waals surface area contributed by atoms with Gasteiger partial charge in [0, 0.05) is 6.61 Å². The molecular formula is C12H18O2. The molecule has 2 aliphatic carbocycles. The number of fused-ring (bicyclic) bond motifs is 2. The van der Waals surface area contributed by atoms with E-state index in [1.807, 2.05) is 0 Å². The standard InChI is InChI=1S/C12H18O2/c1-2-10-5-9(1)6-11(10)3-4-13-7-12-8-14-12/h1-2,9-12H,3-8H2. The first kappa shape index (κ1) is 8.93. The van der Waals surface area contributed by atoms with Gasteiger partial charge in [-0.2, -0.15) is 0 Å². The summed E-state index contributed by atoms with van der Waals surface area (Å²) in [6.45, 7) is 2.66. The smallest absolute Gasteiger partial charge is 0.104 e. The molecule has 3 aliphatic rings. The first-order chi connectivity index (χ1) is 6.92. The van der Waals surface area contributed by atoms with E-state index in [1.165, 1.54) is 19.3 Å². The zero-order valence-electron chi connectivity index (χ0n) is 8.52. The highest BCUT2D eigenvalue weighted by molar-refractivity contribution is 5.09. The van der Waals surface area contributed by atoms with Crippen LogP contribution in [0.3, 0.4) is 0 Å². The average Bonchev–Trinajstić information content (AvgIpc) is 2.79. The molecule has 2 nitrogen and oxygen atoms in total. The van der Waals surface area contributed by atoms with Gasteiger partial charge in [0.25, 0.3) is 0 Å². The summed E-state index contributed by atoms with van der Waals surface area (Å²) in [5.41, 5.74) is 0. The second-order valence-electron chi connectivity index (χ2n) is 4.86. The fourth-order valence-corrected chi connectivity index (χ4v) is 2.84. The Bertz CT molecular complexity index is 232. The highest BCUT2D eigenvalue weighted by atomic mass is 16.6. The van der Waals surface area contributed by atoms with Crippen molar-refractivity contribution in [2.24, 2.45) is 17.8 Å². The van der Waals surface area contributed by atoms with Gasteiger partial charge in [0.05, 0.1) is 13.2 Å². The van der Waals surface area contributed by atoms with Gasteiger partial charge < -0.3 is 9.47 Å². The molecule has 0 aromatic carbocycles. The minimum Gasteiger partial charge on any atom is -0.379 e. The van der Waals surface area contributed by atoms with Crippen molar-refractivity contribution < 1.29 is 9.47 Å². The zero-order chi connectivity index (χ0) is 9.38. The van der Waals surface area contributed by atoms with Crippen LogP contribution >= 0.6 is 0 Å². The van der Waals surface area contributed by atoms with Gasteiger partial charge in [0.1, 0.15) is 6.10 Å². The van der Waals surface area contributed by atoms with Crippen LogP contribution in [0.4, 0.5) is 0 Å². The molecule has 0 aromatic rings. The normalized spacial score (nSPS) is 43.4. The van der Waals surface area contributed by atoms with Crippen molar-refractivity contribution in [2.75, 3.05) is 19.8 Å². The topological polar surface area (TPSA) is 21.8 Å². The lowest BCUT2D eigenvalue weighted by atomic mass is 9.91. The van der Waals surface area contributed by atoms with Crippen LogP contribution in [0.15, 0.2) is 12.2 Å². The van der Waals surface area contributed by atoms with Crippen LogP contribution in [0.1, 0.15) is 19.3 Å². The Hall–Kier alpha value is -0.340. The maximum absolute atomic E-state index is 5.58. The Labute approximate surface area is 85.3 Å². The highest BCUT2D eigenvalue weighted by Crippen LogP contribution is 2.44. The molecule has 2 fully saturated rings. The van der Waals surface area contributed by atoms with Crippen LogP contribution in [-0.2, 0) is 9.47 Å². The van der Waals surface area contributed by atoms with Crippen molar-refractivity contribution in [2.45, 2.75) is 25.4 Å². The molecule has 1 saturated heterocycles. The molecular weight excluding hydrogens is 176 g/mol. The Kier molecular flexibility index (Phi) is 2.34. The average molecular weight is 194 g/mol. The maximum atomic E-state index is 5.58. The minimum atomic E-state index is 0.426. The lowest BCUT2D eigenvalue weighted by Gasteiger charge is -2.17. The lowest BCUT2D eigenvalue weighted by molar-refractivity contribution is 0.101. The largest absolute Gasteiger partial charge is 0.379 e. The van der Waals surface area contributed by atoms with Crippen molar-refractivity contribution in [1.29, 1.82) is 0 Å². The number of hydrogen-bond donors (Lipinski definition) is 0. The summed E-state index contributed by atoms with van der Waals surface area (Å²) in [7, 11) is 0. The molecule has 0 aromatic heterocycles. The maximum Gasteiger partial charge on any atom is 0.104 e. The Morgan fingerprint density at radius 2 is 2.21 bits per heavy atom. The minimum absolute atomic E-state index is 0.426. The van der Waals surface area contributed by atoms with E-state index in [2.05, 4.69) is 12.2 Å². The molecule has 0 amide bonds. The summed E-state index contributed by atoms with van der Waals surface area (Å²) in [5.74, 6) is 2.68. The molecule has 1 saturated carbocycles. The van der Waals surface area contributed by atoms with Gasteiger partial charge in [0.2, 0.25) is 0 Å². The van der Waals surface area contributed by atoms with E-state index in [0.717, 1.165) is 37.6 Å². The van der Waals surface area contributed by atoms with Gasteiger partial charge in [-0.1, -0.05) is 12.2 Å². The van der Waals surface area contributed by atoms with E-state index in [0.29, 0.717) is 6.10 Å². The van der Waals surface area contributed by atoms with E-state index >= 15 is 0 Å². The first-order valence-electron chi connectivity index (χ1n) is 5.79. The highest BCUT2D eigenvalue weighted by Gasteiger charge is 2.35. The van der Waals surface area contributed by atoms with Crippen molar-refractivity contribution in [3.63, 3.8) is 0 Å². The first-order valence-corrected chi connectivity index (χ1v) is 5.79. The number of allylic oxidation sites excluding steroid dienone is 2. The monoisotopic (exact) mass is 194 g/mol. The molecule has 2 heteroatoms. The second-order valence-corrected chi connectivity index (χ2v) is 4.86. The van der Waals surface area contributed by atoms with Crippen LogP contribution in [0.25, 0.3) is 0 Å². The number of hydrogen-bond acceptors (Lipinski definition) is 2. The van der Waals surface area contributed by atoms with E-state index in [1.54, 1.807) is 0 Å². The molecule has 1 aliphatic heterocycles. The zero-order valence-corrected chi connectivity index (χ0v) is 8.52. The molecule has 4 atom stereocenters. The van der Waals surface area contributed by atoms with E-state index in [9.17, 15) is 0 Å². The number of ether oxygens (including phenoxy) is 2. The molecule has 0 spiro atoms. The Morgan fingerprint density at radius 3 is 2.86 bits per heavy atom. The van der Waals surface area contributed by atoms with Crippen molar-refractivity contribution in [3.8, 4) is 0 Å². The van der Waals surface area contributed by atoms with Crippen molar-refractivity contribution in [1.82, 2.24) is 0 Å². The molecule has 3 rings (SSSR count). The number of rotatable bonds is 5. The third-order valence-corrected chi connectivity index (χ3v) is 3.76. The van der Waals surface area contributed by atoms with Gasteiger partial charge >= 0.3 is 0 Å². The van der Waals surface area contributed by atoms with Gasteiger partial charge in [-0.25, -0.2) is 0 Å². The summed E-state index contributed by atoms with van der Waals surface area (Å²) in [4.78, 5) is 0. The molecule has 0 radical (unpaired) electrons. The van der Waals surface area contributed by atoms with E-state index < -0.39 is 0 Å². The Balaban J connectivity index is 1.34. The fourth-order valence-electron chi connectivity index (χ4n) is 2.84. The molecule has 14 heavy (non-hydrogen) atoms. The molecule has 0 N–H and O–H groups in total. The van der Waals surface area contributed by atoms with Gasteiger partial charge in [0.15, 0.2) is 0 Å². The van der Waals surface area contributed by atoms with Crippen LogP contribution in [0.2, 0.25) is 0 Å². The summed E-state index contributed by atoms with van der Waals surface area (Å²) < 4.78 is 10.7. The fraction of sp³-hybridized carbons (Fsp3) is 0.833. The SMILES string of the molecule is C1=CC2CC1CC2CCOCC1CO1. The van der Waals surface area contributed by atoms with Crippen LogP contribution in [0, 0.1) is 17.8 Å². The predicted molar refractivity (Wildman–Crippen MR) is 54.0 cm³/mol. The van der Waals surface area contributed by atoms with E-state index in [-0.39, 0.29) is 0 Å². The summed E-state index contributed by atoms with van der Waals surface area (Å²) in [5, 5.41) is 0. The summed E-state index contributed by atoms with van der Waals surface area (Å²) >= 11 is 0. The summed E-state index contributed by atoms with van der Waals surface area (Å²) in [6, 6.07) is 0.